The maximum Gasteiger partial charge on any atom is 0.303 e. The molecule has 0 aromatic heterocycles. The highest BCUT2D eigenvalue weighted by atomic mass is 16.4. The molecule has 0 heterocycles. The van der Waals surface area contributed by atoms with E-state index >= 15 is 0 Å². The lowest BCUT2D eigenvalue weighted by atomic mass is 10.0. The van der Waals surface area contributed by atoms with Gasteiger partial charge in [0.15, 0.2) is 0 Å². The number of hydrogen-bond donors (Lipinski definition) is 1. The number of Topliss-reactive ketones (excluding diaryl/α,β-unsaturated/α-hetero) is 1. The van der Waals surface area contributed by atoms with Crippen molar-refractivity contribution < 1.29 is 14.7 Å². The highest BCUT2D eigenvalue weighted by molar-refractivity contribution is 5.78. The lowest BCUT2D eigenvalue weighted by molar-refractivity contribution is -0.137. The third-order valence-corrected chi connectivity index (χ3v) is 6.26. The second-order valence-corrected chi connectivity index (χ2v) is 10.0. The molecule has 0 aliphatic rings. The SMILES string of the molecule is C=CC=CCCCCCCCC(=O)CCCC.CCC/C=C/C=C/CCCCCCCCCCC(=O)O. The number of unbranched alkanes of at least 4 members (excludes halogenated alkanes) is 15. The Morgan fingerprint density at radius 1 is 0.541 bits per heavy atom. The Kier molecular flexibility index (Phi) is 34.3. The first-order valence-corrected chi connectivity index (χ1v) is 15.4. The van der Waals surface area contributed by atoms with Gasteiger partial charge in [-0.3, -0.25) is 9.59 Å². The molecule has 0 radical (unpaired) electrons. The Bertz CT molecular complexity index is 586. The molecule has 0 saturated heterocycles. The van der Waals surface area contributed by atoms with Crippen LogP contribution in [-0.4, -0.2) is 16.9 Å². The Balaban J connectivity index is 0. The molecule has 0 fully saturated rings. The fraction of sp³-hybridized carbons (Fsp3) is 0.706. The van der Waals surface area contributed by atoms with Crippen LogP contribution in [0.4, 0.5) is 0 Å². The molecule has 0 aromatic carbocycles. The van der Waals surface area contributed by atoms with Crippen LogP contribution in [0.15, 0.2) is 49.1 Å². The van der Waals surface area contributed by atoms with Crippen molar-refractivity contribution in [2.24, 2.45) is 0 Å². The van der Waals surface area contributed by atoms with Gasteiger partial charge >= 0.3 is 5.97 Å². The average molecular weight is 517 g/mol. The number of carbonyl (C=O) groups is 2. The standard InChI is InChI=1S/C18H32O2.C16H28O/c1-2-3-4-5-6-7-8-9-10-11-12-13-14-15-16-17-18(19)20;1-3-5-7-8-9-10-11-12-13-15-16(17)14-6-4-2/h4-7H,2-3,8-17H2,1H3,(H,19,20);3,5,7H,1,4,6,8-15H2,2H3/b5-4+,7-6+;. The zero-order valence-corrected chi connectivity index (χ0v) is 24.6. The van der Waals surface area contributed by atoms with E-state index < -0.39 is 5.97 Å². The smallest absolute Gasteiger partial charge is 0.303 e. The zero-order valence-electron chi connectivity index (χ0n) is 24.6. The quantitative estimate of drug-likeness (QED) is 0.0918. The first-order chi connectivity index (χ1) is 18.1. The third-order valence-electron chi connectivity index (χ3n) is 6.26. The van der Waals surface area contributed by atoms with Crippen molar-refractivity contribution in [1.82, 2.24) is 0 Å². The molecule has 0 unspecified atom stereocenters. The highest BCUT2D eigenvalue weighted by Crippen LogP contribution is 2.11. The molecule has 3 nitrogen and oxygen atoms in total. The highest BCUT2D eigenvalue weighted by Gasteiger charge is 2.00. The number of aliphatic carboxylic acids is 1. The Morgan fingerprint density at radius 3 is 1.46 bits per heavy atom. The van der Waals surface area contributed by atoms with Crippen LogP contribution < -0.4 is 0 Å². The Hall–Kier alpha value is -1.90. The first-order valence-electron chi connectivity index (χ1n) is 15.4. The van der Waals surface area contributed by atoms with E-state index in [2.05, 4.69) is 50.8 Å². The van der Waals surface area contributed by atoms with E-state index in [1.54, 1.807) is 0 Å². The summed E-state index contributed by atoms with van der Waals surface area (Å²) < 4.78 is 0. The van der Waals surface area contributed by atoms with Gasteiger partial charge in [-0.1, -0.05) is 134 Å². The van der Waals surface area contributed by atoms with Crippen LogP contribution >= 0.6 is 0 Å². The van der Waals surface area contributed by atoms with Crippen LogP contribution in [0.5, 0.6) is 0 Å². The summed E-state index contributed by atoms with van der Waals surface area (Å²) in [6, 6.07) is 0. The van der Waals surface area contributed by atoms with Crippen LogP contribution in [0.3, 0.4) is 0 Å². The number of carboxylic acids is 1. The minimum Gasteiger partial charge on any atom is -0.481 e. The van der Waals surface area contributed by atoms with Gasteiger partial charge in [0.05, 0.1) is 0 Å². The number of carbonyl (C=O) groups excluding carboxylic acids is 1. The minimum atomic E-state index is -0.664. The average Bonchev–Trinajstić information content (AvgIpc) is 2.89. The molecule has 0 saturated carbocycles. The molecule has 0 spiro atoms. The van der Waals surface area contributed by atoms with E-state index in [4.69, 9.17) is 5.11 Å². The molecule has 0 aromatic rings. The van der Waals surface area contributed by atoms with E-state index in [1.165, 1.54) is 83.5 Å². The molecule has 0 aliphatic carbocycles. The summed E-state index contributed by atoms with van der Waals surface area (Å²) in [5.41, 5.74) is 0. The molecule has 0 atom stereocenters. The fourth-order valence-electron chi connectivity index (χ4n) is 3.92. The normalized spacial score (nSPS) is 11.3. The van der Waals surface area contributed by atoms with Gasteiger partial charge in [0.1, 0.15) is 5.78 Å². The first kappa shape index (κ1) is 37.3. The topological polar surface area (TPSA) is 54.4 Å². The number of ketones is 1. The van der Waals surface area contributed by atoms with Crippen molar-refractivity contribution in [1.29, 1.82) is 0 Å². The largest absolute Gasteiger partial charge is 0.481 e. The van der Waals surface area contributed by atoms with Crippen LogP contribution in [0.2, 0.25) is 0 Å². The molecular formula is C34H60O3. The number of rotatable bonds is 26. The lowest BCUT2D eigenvalue weighted by Crippen LogP contribution is -1.96. The molecule has 3 heteroatoms. The van der Waals surface area contributed by atoms with Gasteiger partial charge in [0, 0.05) is 19.3 Å². The van der Waals surface area contributed by atoms with Crippen molar-refractivity contribution in [3.05, 3.63) is 49.1 Å². The van der Waals surface area contributed by atoms with Crippen molar-refractivity contribution in [2.75, 3.05) is 0 Å². The summed E-state index contributed by atoms with van der Waals surface area (Å²) in [6.45, 7) is 7.97. The van der Waals surface area contributed by atoms with E-state index in [0.717, 1.165) is 51.4 Å². The Labute approximate surface area is 230 Å². The number of hydrogen-bond acceptors (Lipinski definition) is 2. The summed E-state index contributed by atoms with van der Waals surface area (Å²) in [5, 5.41) is 8.51. The van der Waals surface area contributed by atoms with Gasteiger partial charge in [-0.05, 0) is 51.4 Å². The second-order valence-electron chi connectivity index (χ2n) is 10.0. The summed E-state index contributed by atoms with van der Waals surface area (Å²) in [7, 11) is 0. The maximum absolute atomic E-state index is 11.4. The fourth-order valence-corrected chi connectivity index (χ4v) is 3.92. The van der Waals surface area contributed by atoms with E-state index in [9.17, 15) is 9.59 Å². The molecule has 0 aliphatic heterocycles. The number of carboxylic acid groups (broad SMARTS) is 1. The molecule has 37 heavy (non-hydrogen) atoms. The predicted octanol–water partition coefficient (Wildman–Crippen LogP) is 11.1. The molecule has 0 amide bonds. The maximum atomic E-state index is 11.4. The summed E-state index contributed by atoms with van der Waals surface area (Å²) in [5.74, 6) is -0.205. The van der Waals surface area contributed by atoms with Gasteiger partial charge in [-0.25, -0.2) is 0 Å². The summed E-state index contributed by atoms with van der Waals surface area (Å²) in [6.07, 6.45) is 39.4. The zero-order chi connectivity index (χ0) is 27.7. The number of allylic oxidation sites excluding steroid dienone is 7. The third kappa shape index (κ3) is 38.8. The van der Waals surface area contributed by atoms with Gasteiger partial charge in [0.25, 0.3) is 0 Å². The van der Waals surface area contributed by atoms with Crippen LogP contribution in [-0.2, 0) is 9.59 Å². The molecular weight excluding hydrogens is 456 g/mol. The van der Waals surface area contributed by atoms with Gasteiger partial charge in [0.2, 0.25) is 0 Å². The monoisotopic (exact) mass is 516 g/mol. The van der Waals surface area contributed by atoms with Crippen LogP contribution in [0.25, 0.3) is 0 Å². The predicted molar refractivity (Wildman–Crippen MR) is 163 cm³/mol. The van der Waals surface area contributed by atoms with Gasteiger partial charge < -0.3 is 5.11 Å². The van der Waals surface area contributed by atoms with Crippen molar-refractivity contribution in [3.8, 4) is 0 Å². The molecule has 0 rings (SSSR count). The van der Waals surface area contributed by atoms with Crippen LogP contribution in [0.1, 0.15) is 155 Å². The summed E-state index contributed by atoms with van der Waals surface area (Å²) >= 11 is 0. The van der Waals surface area contributed by atoms with Gasteiger partial charge in [-0.2, -0.15) is 0 Å². The molecule has 214 valence electrons. The summed E-state index contributed by atoms with van der Waals surface area (Å²) in [4.78, 5) is 21.7. The Morgan fingerprint density at radius 2 is 0.973 bits per heavy atom. The lowest BCUT2D eigenvalue weighted by Gasteiger charge is -2.00. The van der Waals surface area contributed by atoms with Gasteiger partial charge in [-0.15, -0.1) is 0 Å². The minimum absolute atomic E-state index is 0.332. The van der Waals surface area contributed by atoms with Crippen LogP contribution in [0, 0.1) is 0 Å². The second kappa shape index (κ2) is 34.1. The van der Waals surface area contributed by atoms with Crippen molar-refractivity contribution >= 4 is 11.8 Å². The molecule has 0 bridgehead atoms. The van der Waals surface area contributed by atoms with E-state index in [1.807, 2.05) is 12.2 Å². The van der Waals surface area contributed by atoms with E-state index in [-0.39, 0.29) is 0 Å². The van der Waals surface area contributed by atoms with E-state index in [0.29, 0.717) is 12.2 Å². The molecule has 1 N–H and O–H groups in total. The van der Waals surface area contributed by atoms with Crippen molar-refractivity contribution in [3.63, 3.8) is 0 Å². The van der Waals surface area contributed by atoms with Crippen molar-refractivity contribution in [2.45, 2.75) is 155 Å².